The third kappa shape index (κ3) is 5.22. The van der Waals surface area contributed by atoms with Crippen LogP contribution in [0.15, 0.2) is 24.3 Å². The average molecular weight is 436 g/mol. The summed E-state index contributed by atoms with van der Waals surface area (Å²) in [5.74, 6) is 1.89. The molecule has 2 fully saturated rings. The molecule has 0 atom stereocenters. The van der Waals surface area contributed by atoms with E-state index in [-0.39, 0.29) is 0 Å². The topological polar surface area (TPSA) is 68.3 Å². The maximum atomic E-state index is 5.02. The number of anilines is 2. The van der Waals surface area contributed by atoms with E-state index in [1.807, 2.05) is 0 Å². The Bertz CT molecular complexity index is 871. The lowest BCUT2D eigenvalue weighted by Gasteiger charge is -2.29. The average Bonchev–Trinajstić information content (AvgIpc) is 3.25. The van der Waals surface area contributed by atoms with Gasteiger partial charge in [0.1, 0.15) is 5.82 Å². The molecular weight excluding hydrogens is 398 g/mol. The molecule has 1 aromatic heterocycles. The number of nitrogens with zero attached hydrogens (tertiary/aromatic N) is 4. The Morgan fingerprint density at radius 3 is 2.41 bits per heavy atom. The second-order valence-corrected chi connectivity index (χ2v) is 9.18. The van der Waals surface area contributed by atoms with Crippen LogP contribution in [0.25, 0.3) is 11.4 Å². The summed E-state index contributed by atoms with van der Waals surface area (Å²) in [5.41, 5.74) is 4.89. The fourth-order valence-corrected chi connectivity index (χ4v) is 5.08. The number of aromatic nitrogens is 2. The van der Waals surface area contributed by atoms with Crippen LogP contribution in [0, 0.1) is 0 Å². The van der Waals surface area contributed by atoms with Crippen molar-refractivity contribution in [3.8, 4) is 11.4 Å². The van der Waals surface area contributed by atoms with Crippen molar-refractivity contribution in [1.29, 1.82) is 0 Å². The maximum absolute atomic E-state index is 5.02. The highest BCUT2D eigenvalue weighted by Crippen LogP contribution is 2.26. The molecule has 5 rings (SSSR count). The SMILES string of the molecule is c1cc(N2CCNCC2)ccc1-c1nc2c(c(NCCCN3CCCC3)n1)CCNCC2. The first-order valence-electron chi connectivity index (χ1n) is 12.5. The smallest absolute Gasteiger partial charge is 0.161 e. The first-order valence-corrected chi connectivity index (χ1v) is 12.5. The molecular formula is C25H37N7. The van der Waals surface area contributed by atoms with Gasteiger partial charge in [0.15, 0.2) is 5.82 Å². The standard InChI is InChI=1S/C25H37N7/c1-2-16-31(15-1)17-3-10-28-25-22-8-11-26-12-9-23(22)29-24(30-25)20-4-6-21(7-5-20)32-18-13-27-14-19-32/h4-7,26-27H,1-3,8-19H2,(H,28,29,30). The number of hydrogen-bond donors (Lipinski definition) is 3. The van der Waals surface area contributed by atoms with Crippen molar-refractivity contribution >= 4 is 11.5 Å². The van der Waals surface area contributed by atoms with Crippen LogP contribution in [0.2, 0.25) is 0 Å². The number of nitrogens with one attached hydrogen (secondary N) is 3. The molecule has 0 unspecified atom stereocenters. The molecule has 3 aliphatic heterocycles. The molecule has 7 heteroatoms. The van der Waals surface area contributed by atoms with E-state index in [4.69, 9.17) is 9.97 Å². The van der Waals surface area contributed by atoms with Crippen LogP contribution in [0.5, 0.6) is 0 Å². The van der Waals surface area contributed by atoms with E-state index in [0.29, 0.717) is 0 Å². The fourth-order valence-electron chi connectivity index (χ4n) is 5.08. The monoisotopic (exact) mass is 435 g/mol. The second kappa shape index (κ2) is 10.6. The van der Waals surface area contributed by atoms with E-state index < -0.39 is 0 Å². The summed E-state index contributed by atoms with van der Waals surface area (Å²) in [4.78, 5) is 15.1. The zero-order chi connectivity index (χ0) is 21.6. The number of benzene rings is 1. The van der Waals surface area contributed by atoms with E-state index in [1.165, 1.54) is 49.4 Å². The maximum Gasteiger partial charge on any atom is 0.161 e. The van der Waals surface area contributed by atoms with Gasteiger partial charge in [0.25, 0.3) is 0 Å². The summed E-state index contributed by atoms with van der Waals surface area (Å²) in [5, 5.41) is 10.6. The van der Waals surface area contributed by atoms with Crippen molar-refractivity contribution in [2.75, 3.05) is 75.7 Å². The van der Waals surface area contributed by atoms with Gasteiger partial charge in [-0.2, -0.15) is 0 Å². The van der Waals surface area contributed by atoms with E-state index in [9.17, 15) is 0 Å². The molecule has 0 spiro atoms. The Hall–Kier alpha value is -2.22. The summed E-state index contributed by atoms with van der Waals surface area (Å²) < 4.78 is 0. The summed E-state index contributed by atoms with van der Waals surface area (Å²) in [7, 11) is 0. The van der Waals surface area contributed by atoms with Crippen molar-refractivity contribution in [3.63, 3.8) is 0 Å². The van der Waals surface area contributed by atoms with Crippen molar-refractivity contribution in [2.24, 2.45) is 0 Å². The summed E-state index contributed by atoms with van der Waals surface area (Å²) >= 11 is 0. The van der Waals surface area contributed by atoms with Gasteiger partial charge in [-0.3, -0.25) is 0 Å². The third-order valence-electron chi connectivity index (χ3n) is 6.93. The molecule has 3 aliphatic rings. The van der Waals surface area contributed by atoms with Crippen LogP contribution in [0.3, 0.4) is 0 Å². The number of likely N-dealkylation sites (tertiary alicyclic amines) is 1. The molecule has 0 bridgehead atoms. The van der Waals surface area contributed by atoms with Crippen molar-refractivity contribution in [3.05, 3.63) is 35.5 Å². The molecule has 7 nitrogen and oxygen atoms in total. The Labute approximate surface area is 192 Å². The van der Waals surface area contributed by atoms with Gasteiger partial charge in [-0.05, 0) is 76.1 Å². The highest BCUT2D eigenvalue weighted by atomic mass is 15.2. The normalized spacial score (nSPS) is 19.6. The van der Waals surface area contributed by atoms with Crippen LogP contribution in [0.1, 0.15) is 30.5 Å². The van der Waals surface area contributed by atoms with Gasteiger partial charge in [0.2, 0.25) is 0 Å². The van der Waals surface area contributed by atoms with Gasteiger partial charge in [-0.25, -0.2) is 9.97 Å². The number of rotatable bonds is 7. The van der Waals surface area contributed by atoms with E-state index in [2.05, 4.69) is 50.0 Å². The van der Waals surface area contributed by atoms with E-state index in [0.717, 1.165) is 82.3 Å². The Balaban J connectivity index is 1.32. The molecule has 2 saturated heterocycles. The zero-order valence-corrected chi connectivity index (χ0v) is 19.2. The summed E-state index contributed by atoms with van der Waals surface area (Å²) in [6, 6.07) is 8.82. The van der Waals surface area contributed by atoms with Crippen LogP contribution in [-0.4, -0.2) is 80.3 Å². The lowest BCUT2D eigenvalue weighted by Crippen LogP contribution is -2.43. The Morgan fingerprint density at radius 2 is 1.59 bits per heavy atom. The molecule has 1 aromatic carbocycles. The number of piperazine rings is 1. The number of fused-ring (bicyclic) bond motifs is 1. The minimum atomic E-state index is 0.847. The van der Waals surface area contributed by atoms with Gasteiger partial charge in [-0.1, -0.05) is 0 Å². The van der Waals surface area contributed by atoms with E-state index >= 15 is 0 Å². The Morgan fingerprint density at radius 1 is 0.844 bits per heavy atom. The predicted octanol–water partition coefficient (Wildman–Crippen LogP) is 2.14. The fraction of sp³-hybridized carbons (Fsp3) is 0.600. The first kappa shape index (κ1) is 21.6. The van der Waals surface area contributed by atoms with Gasteiger partial charge < -0.3 is 25.8 Å². The van der Waals surface area contributed by atoms with Crippen molar-refractivity contribution in [2.45, 2.75) is 32.1 Å². The van der Waals surface area contributed by atoms with Gasteiger partial charge >= 0.3 is 0 Å². The van der Waals surface area contributed by atoms with Crippen molar-refractivity contribution < 1.29 is 0 Å². The molecule has 172 valence electrons. The van der Waals surface area contributed by atoms with Crippen LogP contribution < -0.4 is 20.9 Å². The lowest BCUT2D eigenvalue weighted by atomic mass is 10.1. The molecule has 0 amide bonds. The minimum absolute atomic E-state index is 0.847. The largest absolute Gasteiger partial charge is 0.370 e. The molecule has 0 radical (unpaired) electrons. The van der Waals surface area contributed by atoms with Gasteiger partial charge in [0, 0.05) is 62.5 Å². The molecule has 32 heavy (non-hydrogen) atoms. The third-order valence-corrected chi connectivity index (χ3v) is 6.93. The minimum Gasteiger partial charge on any atom is -0.370 e. The molecule has 4 heterocycles. The zero-order valence-electron chi connectivity index (χ0n) is 19.2. The highest BCUT2D eigenvalue weighted by Gasteiger charge is 2.18. The quantitative estimate of drug-likeness (QED) is 0.576. The molecule has 0 aliphatic carbocycles. The first-order chi connectivity index (χ1) is 15.9. The Kier molecular flexibility index (Phi) is 7.16. The van der Waals surface area contributed by atoms with Crippen LogP contribution in [-0.2, 0) is 12.8 Å². The molecule has 0 saturated carbocycles. The highest BCUT2D eigenvalue weighted by molar-refractivity contribution is 5.63. The van der Waals surface area contributed by atoms with Crippen LogP contribution >= 0.6 is 0 Å². The summed E-state index contributed by atoms with van der Waals surface area (Å²) in [6.45, 7) is 10.9. The van der Waals surface area contributed by atoms with Gasteiger partial charge in [0.05, 0.1) is 5.69 Å². The van der Waals surface area contributed by atoms with Crippen LogP contribution in [0.4, 0.5) is 11.5 Å². The predicted molar refractivity (Wildman–Crippen MR) is 132 cm³/mol. The lowest BCUT2D eigenvalue weighted by molar-refractivity contribution is 0.337. The van der Waals surface area contributed by atoms with Crippen molar-refractivity contribution in [1.82, 2.24) is 25.5 Å². The number of hydrogen-bond acceptors (Lipinski definition) is 7. The molecule has 3 N–H and O–H groups in total. The van der Waals surface area contributed by atoms with E-state index in [1.54, 1.807) is 0 Å². The van der Waals surface area contributed by atoms with Gasteiger partial charge in [-0.15, -0.1) is 0 Å². The summed E-state index contributed by atoms with van der Waals surface area (Å²) in [6.07, 6.45) is 5.83. The second-order valence-electron chi connectivity index (χ2n) is 9.18. The molecule has 2 aromatic rings.